The lowest BCUT2D eigenvalue weighted by Gasteiger charge is -2.17. The van der Waals surface area contributed by atoms with Gasteiger partial charge in [-0.25, -0.2) is 0 Å². The molecule has 0 bridgehead atoms. The average Bonchev–Trinajstić information content (AvgIpc) is 2.38. The van der Waals surface area contributed by atoms with Gasteiger partial charge in [-0.15, -0.1) is 6.42 Å². The number of alkyl halides is 2. The Balaban J connectivity index is 3.40. The third-order valence-electron chi connectivity index (χ3n) is 2.54. The lowest BCUT2D eigenvalue weighted by atomic mass is 10.0. The van der Waals surface area contributed by atoms with Gasteiger partial charge in [-0.05, 0) is 36.6 Å². The summed E-state index contributed by atoms with van der Waals surface area (Å²) in [5, 5.41) is 0. The van der Waals surface area contributed by atoms with Crippen LogP contribution in [0.15, 0.2) is 12.1 Å². The van der Waals surface area contributed by atoms with Gasteiger partial charge in [0, 0.05) is 0 Å². The van der Waals surface area contributed by atoms with Gasteiger partial charge in [-0.2, -0.15) is 8.78 Å². The Morgan fingerprint density at radius 1 is 1.28 bits per heavy atom. The van der Waals surface area contributed by atoms with Gasteiger partial charge < -0.3 is 15.2 Å². The summed E-state index contributed by atoms with van der Waals surface area (Å²) < 4.78 is 37.2. The van der Waals surface area contributed by atoms with Crippen molar-refractivity contribution in [3.05, 3.63) is 23.3 Å². The number of halogens is 2. The summed E-state index contributed by atoms with van der Waals surface area (Å²) in [5.41, 5.74) is 5.77. The number of rotatable bonds is 5. The number of hydrogen-bond acceptors (Lipinski definition) is 3. The summed E-state index contributed by atoms with van der Waals surface area (Å²) in [6, 6.07) is 2.68. The van der Waals surface area contributed by atoms with E-state index in [1.807, 2.05) is 0 Å². The highest BCUT2D eigenvalue weighted by Crippen LogP contribution is 2.38. The molecule has 0 unspecified atom stereocenters. The molecule has 1 rings (SSSR count). The van der Waals surface area contributed by atoms with Crippen LogP contribution in [0.3, 0.4) is 0 Å². The zero-order valence-electron chi connectivity index (χ0n) is 10.3. The molecule has 0 atom stereocenters. The SMILES string of the molecule is C#CC(F)(F)c1cc(OC)c(CCN)cc1OC. The molecule has 2 N–H and O–H groups in total. The molecule has 0 aliphatic carbocycles. The largest absolute Gasteiger partial charge is 0.496 e. The smallest absolute Gasteiger partial charge is 0.337 e. The molecule has 0 heterocycles. The third kappa shape index (κ3) is 2.71. The molecule has 0 aliphatic rings. The number of nitrogens with two attached hydrogens (primary N) is 1. The molecule has 0 spiro atoms. The first-order chi connectivity index (χ1) is 8.50. The van der Waals surface area contributed by atoms with Crippen molar-refractivity contribution in [1.82, 2.24) is 0 Å². The topological polar surface area (TPSA) is 44.5 Å². The van der Waals surface area contributed by atoms with Gasteiger partial charge in [0.05, 0.1) is 19.8 Å². The second-order valence-corrected chi connectivity index (χ2v) is 3.62. The zero-order valence-corrected chi connectivity index (χ0v) is 10.3. The van der Waals surface area contributed by atoms with E-state index in [0.717, 1.165) is 0 Å². The summed E-state index contributed by atoms with van der Waals surface area (Å²) >= 11 is 0. The number of hydrogen-bond donors (Lipinski definition) is 1. The quantitative estimate of drug-likeness (QED) is 0.818. The summed E-state index contributed by atoms with van der Waals surface area (Å²) in [6.07, 6.45) is 5.34. The van der Waals surface area contributed by atoms with Crippen LogP contribution >= 0.6 is 0 Å². The van der Waals surface area contributed by atoms with Gasteiger partial charge >= 0.3 is 5.92 Å². The normalized spacial score (nSPS) is 10.9. The van der Waals surface area contributed by atoms with E-state index in [1.165, 1.54) is 32.3 Å². The van der Waals surface area contributed by atoms with Gasteiger partial charge in [-0.3, -0.25) is 0 Å². The molecule has 0 aliphatic heterocycles. The lowest BCUT2D eigenvalue weighted by molar-refractivity contribution is 0.0608. The summed E-state index contributed by atoms with van der Waals surface area (Å²) in [5.74, 6) is -1.61. The van der Waals surface area contributed by atoms with Gasteiger partial charge in [-0.1, -0.05) is 0 Å². The fourth-order valence-electron chi connectivity index (χ4n) is 1.63. The number of ether oxygens (including phenoxy) is 2. The molecule has 3 nitrogen and oxygen atoms in total. The minimum atomic E-state index is -3.40. The van der Waals surface area contributed by atoms with Crippen molar-refractivity contribution in [2.75, 3.05) is 20.8 Å². The van der Waals surface area contributed by atoms with Crippen molar-refractivity contribution < 1.29 is 18.3 Å². The maximum absolute atomic E-state index is 13.6. The molecule has 0 fully saturated rings. The van der Waals surface area contributed by atoms with E-state index in [-0.39, 0.29) is 11.3 Å². The zero-order chi connectivity index (χ0) is 13.8. The van der Waals surface area contributed by atoms with Crippen LogP contribution in [-0.2, 0) is 12.3 Å². The maximum atomic E-state index is 13.6. The van der Waals surface area contributed by atoms with E-state index in [1.54, 1.807) is 0 Å². The second kappa shape index (κ2) is 5.69. The van der Waals surface area contributed by atoms with Crippen LogP contribution in [0.4, 0.5) is 8.78 Å². The fraction of sp³-hybridized carbons (Fsp3) is 0.385. The average molecular weight is 255 g/mol. The Labute approximate surface area is 105 Å². The van der Waals surface area contributed by atoms with Crippen molar-refractivity contribution >= 4 is 0 Å². The molecule has 18 heavy (non-hydrogen) atoms. The predicted octanol–water partition coefficient (Wildman–Crippen LogP) is 1.93. The standard InChI is InChI=1S/C13H15F2NO2/c1-4-13(14,15)10-8-11(17-2)9(5-6-16)7-12(10)18-3/h1,7-8H,5-6,16H2,2-3H3. The van der Waals surface area contributed by atoms with Crippen LogP contribution in [0.1, 0.15) is 11.1 Å². The van der Waals surface area contributed by atoms with Gasteiger partial charge in [0.2, 0.25) is 0 Å². The second-order valence-electron chi connectivity index (χ2n) is 3.62. The molecule has 0 saturated carbocycles. The third-order valence-corrected chi connectivity index (χ3v) is 2.54. The predicted molar refractivity (Wildman–Crippen MR) is 65.0 cm³/mol. The first-order valence-electron chi connectivity index (χ1n) is 5.31. The van der Waals surface area contributed by atoms with E-state index in [0.29, 0.717) is 24.3 Å². The van der Waals surface area contributed by atoms with Crippen LogP contribution in [-0.4, -0.2) is 20.8 Å². The van der Waals surface area contributed by atoms with E-state index < -0.39 is 5.92 Å². The molecular weight excluding hydrogens is 240 g/mol. The Morgan fingerprint density at radius 2 is 1.89 bits per heavy atom. The molecule has 0 amide bonds. The minimum absolute atomic E-state index is 0.0298. The van der Waals surface area contributed by atoms with E-state index >= 15 is 0 Å². The molecule has 0 aromatic heterocycles. The van der Waals surface area contributed by atoms with Crippen molar-refractivity contribution in [3.63, 3.8) is 0 Å². The number of benzene rings is 1. The first-order valence-corrected chi connectivity index (χ1v) is 5.31. The minimum Gasteiger partial charge on any atom is -0.496 e. The highest BCUT2D eigenvalue weighted by atomic mass is 19.3. The van der Waals surface area contributed by atoms with Crippen LogP contribution in [0, 0.1) is 12.3 Å². The number of terminal acetylenes is 1. The van der Waals surface area contributed by atoms with Gasteiger partial charge in [0.1, 0.15) is 11.5 Å². The number of methoxy groups -OCH3 is 2. The first kappa shape index (κ1) is 14.3. The lowest BCUT2D eigenvalue weighted by Crippen LogP contribution is -2.13. The van der Waals surface area contributed by atoms with Crippen LogP contribution in [0.2, 0.25) is 0 Å². The van der Waals surface area contributed by atoms with Gasteiger partial charge in [0.15, 0.2) is 0 Å². The maximum Gasteiger partial charge on any atom is 0.337 e. The Hall–Kier alpha value is -1.80. The van der Waals surface area contributed by atoms with Crippen molar-refractivity contribution in [3.8, 4) is 23.8 Å². The van der Waals surface area contributed by atoms with Crippen LogP contribution in [0.25, 0.3) is 0 Å². The van der Waals surface area contributed by atoms with Crippen molar-refractivity contribution in [2.24, 2.45) is 5.73 Å². The highest BCUT2D eigenvalue weighted by molar-refractivity contribution is 5.50. The van der Waals surface area contributed by atoms with E-state index in [9.17, 15) is 8.78 Å². The highest BCUT2D eigenvalue weighted by Gasteiger charge is 2.33. The van der Waals surface area contributed by atoms with Crippen molar-refractivity contribution in [2.45, 2.75) is 12.3 Å². The monoisotopic (exact) mass is 255 g/mol. The summed E-state index contributed by atoms with van der Waals surface area (Å²) in [6.45, 7) is 0.379. The van der Waals surface area contributed by atoms with Crippen LogP contribution in [0.5, 0.6) is 11.5 Å². The molecule has 1 aromatic carbocycles. The molecular formula is C13H15F2NO2. The Morgan fingerprint density at radius 3 is 2.33 bits per heavy atom. The molecule has 98 valence electrons. The van der Waals surface area contributed by atoms with Crippen LogP contribution < -0.4 is 15.2 Å². The molecule has 0 radical (unpaired) electrons. The van der Waals surface area contributed by atoms with E-state index in [2.05, 4.69) is 0 Å². The fourth-order valence-corrected chi connectivity index (χ4v) is 1.63. The van der Waals surface area contributed by atoms with E-state index in [4.69, 9.17) is 21.6 Å². The Kier molecular flexibility index (Phi) is 4.51. The summed E-state index contributed by atoms with van der Waals surface area (Å²) in [7, 11) is 2.71. The Bertz CT molecular complexity index is 467. The summed E-state index contributed by atoms with van der Waals surface area (Å²) in [4.78, 5) is 0. The molecule has 5 heteroatoms. The molecule has 1 aromatic rings. The van der Waals surface area contributed by atoms with Crippen molar-refractivity contribution in [1.29, 1.82) is 0 Å². The molecule has 0 saturated heterocycles. The van der Waals surface area contributed by atoms with Gasteiger partial charge in [0.25, 0.3) is 0 Å².